The van der Waals surface area contributed by atoms with E-state index in [0.717, 1.165) is 0 Å². The van der Waals surface area contributed by atoms with Gasteiger partial charge in [0.15, 0.2) is 12.4 Å². The second-order valence-corrected chi connectivity index (χ2v) is 2.73. The fraction of sp³-hybridized carbons (Fsp3) is 0.857. The summed E-state index contributed by atoms with van der Waals surface area (Å²) in [6.07, 6.45) is -2.28. The molecule has 0 aromatic carbocycles. The van der Waals surface area contributed by atoms with Crippen LogP contribution in [0.1, 0.15) is 12.8 Å². The predicted molar refractivity (Wildman–Crippen MR) is 38.1 cm³/mol. The third-order valence-corrected chi connectivity index (χ3v) is 1.75. The number of esters is 1. The Balaban J connectivity index is 2.49. The average Bonchev–Trinajstić information content (AvgIpc) is 2.01. The fourth-order valence-electron chi connectivity index (χ4n) is 1.16. The van der Waals surface area contributed by atoms with Crippen molar-refractivity contribution in [1.82, 2.24) is 0 Å². The zero-order chi connectivity index (χ0) is 9.14. The molecule has 1 rings (SSSR count). The molecular weight excluding hydrogens is 164 g/mol. The Hall–Kier alpha value is -0.650. The Labute approximate surface area is 69.9 Å². The van der Waals surface area contributed by atoms with Crippen molar-refractivity contribution in [2.45, 2.75) is 31.3 Å². The van der Waals surface area contributed by atoms with E-state index < -0.39 is 24.5 Å². The van der Waals surface area contributed by atoms with E-state index in [-0.39, 0.29) is 12.8 Å². The van der Waals surface area contributed by atoms with Gasteiger partial charge in [-0.05, 0) is 0 Å². The van der Waals surface area contributed by atoms with Crippen LogP contribution in [0.4, 0.5) is 0 Å². The largest absolute Gasteiger partial charge is 0.467 e. The van der Waals surface area contributed by atoms with Crippen LogP contribution in [0.15, 0.2) is 0 Å². The van der Waals surface area contributed by atoms with Crippen molar-refractivity contribution in [2.24, 2.45) is 0 Å². The Morgan fingerprint density at radius 1 is 1.50 bits per heavy atom. The van der Waals surface area contributed by atoms with Gasteiger partial charge in [-0.1, -0.05) is 0 Å². The summed E-state index contributed by atoms with van der Waals surface area (Å²) in [5.41, 5.74) is 0. The molecule has 3 unspecified atom stereocenters. The van der Waals surface area contributed by atoms with E-state index in [1.54, 1.807) is 0 Å². The van der Waals surface area contributed by atoms with Gasteiger partial charge in [-0.2, -0.15) is 0 Å². The Kier molecular flexibility index (Phi) is 3.02. The van der Waals surface area contributed by atoms with Crippen LogP contribution >= 0.6 is 0 Å². The first kappa shape index (κ1) is 9.44. The fourth-order valence-corrected chi connectivity index (χ4v) is 1.16. The third-order valence-electron chi connectivity index (χ3n) is 1.75. The molecule has 1 fully saturated rings. The summed E-state index contributed by atoms with van der Waals surface area (Å²) in [5, 5.41) is 18.2. The summed E-state index contributed by atoms with van der Waals surface area (Å²) < 4.78 is 9.23. The first-order valence-electron chi connectivity index (χ1n) is 3.73. The van der Waals surface area contributed by atoms with E-state index in [1.165, 1.54) is 7.11 Å². The highest BCUT2D eigenvalue weighted by Crippen LogP contribution is 2.18. The molecule has 0 amide bonds. The highest BCUT2D eigenvalue weighted by Gasteiger charge is 2.32. The lowest BCUT2D eigenvalue weighted by atomic mass is 10.1. The monoisotopic (exact) mass is 176 g/mol. The summed E-state index contributed by atoms with van der Waals surface area (Å²) in [6.45, 7) is 0. The van der Waals surface area contributed by atoms with Crippen LogP contribution in [0.5, 0.6) is 0 Å². The first-order chi connectivity index (χ1) is 5.63. The molecular formula is C7H12O5. The number of aliphatic hydroxyl groups excluding tert-OH is 2. The minimum absolute atomic E-state index is 0.146. The number of rotatable bonds is 1. The topological polar surface area (TPSA) is 76.0 Å². The second-order valence-electron chi connectivity index (χ2n) is 2.73. The molecule has 1 saturated heterocycles. The highest BCUT2D eigenvalue weighted by molar-refractivity contribution is 5.74. The SMILES string of the molecule is COC(=O)C1CC(O)CC(O)O1. The maximum absolute atomic E-state index is 10.9. The number of aliphatic hydroxyl groups is 2. The summed E-state index contributed by atoms with van der Waals surface area (Å²) in [7, 11) is 1.24. The summed E-state index contributed by atoms with van der Waals surface area (Å²) in [6, 6.07) is 0. The third kappa shape index (κ3) is 2.17. The van der Waals surface area contributed by atoms with Crippen LogP contribution in [-0.4, -0.2) is 41.8 Å². The van der Waals surface area contributed by atoms with Crippen LogP contribution in [0.3, 0.4) is 0 Å². The average molecular weight is 176 g/mol. The second kappa shape index (κ2) is 3.84. The van der Waals surface area contributed by atoms with E-state index in [4.69, 9.17) is 14.9 Å². The molecule has 0 saturated carbocycles. The number of carbonyl (C=O) groups is 1. The molecule has 0 bridgehead atoms. The van der Waals surface area contributed by atoms with Gasteiger partial charge in [0, 0.05) is 12.8 Å². The van der Waals surface area contributed by atoms with Gasteiger partial charge in [-0.3, -0.25) is 0 Å². The smallest absolute Gasteiger partial charge is 0.335 e. The number of hydrogen-bond donors (Lipinski definition) is 2. The molecule has 0 aromatic heterocycles. The normalized spacial score (nSPS) is 36.1. The summed E-state index contributed by atoms with van der Waals surface area (Å²) in [5.74, 6) is -0.562. The van der Waals surface area contributed by atoms with Crippen LogP contribution in [0, 0.1) is 0 Å². The Morgan fingerprint density at radius 2 is 2.17 bits per heavy atom. The molecule has 5 heteroatoms. The van der Waals surface area contributed by atoms with E-state index in [1.807, 2.05) is 0 Å². The first-order valence-corrected chi connectivity index (χ1v) is 3.73. The molecule has 0 spiro atoms. The maximum Gasteiger partial charge on any atom is 0.335 e. The number of carbonyl (C=O) groups excluding carboxylic acids is 1. The zero-order valence-corrected chi connectivity index (χ0v) is 6.77. The molecule has 1 aliphatic rings. The number of ether oxygens (including phenoxy) is 2. The number of hydrogen-bond acceptors (Lipinski definition) is 5. The lowest BCUT2D eigenvalue weighted by molar-refractivity contribution is -0.205. The van der Waals surface area contributed by atoms with Crippen LogP contribution in [0.25, 0.3) is 0 Å². The lowest BCUT2D eigenvalue weighted by Crippen LogP contribution is -2.40. The van der Waals surface area contributed by atoms with Crippen LogP contribution in [-0.2, 0) is 14.3 Å². The maximum atomic E-state index is 10.9. The van der Waals surface area contributed by atoms with Gasteiger partial charge < -0.3 is 19.7 Å². The van der Waals surface area contributed by atoms with Crippen molar-refractivity contribution in [3.05, 3.63) is 0 Å². The Morgan fingerprint density at radius 3 is 2.67 bits per heavy atom. The van der Waals surface area contributed by atoms with Gasteiger partial charge in [0.1, 0.15) is 0 Å². The van der Waals surface area contributed by atoms with Crippen molar-refractivity contribution in [3.8, 4) is 0 Å². The van der Waals surface area contributed by atoms with E-state index in [0.29, 0.717) is 0 Å². The van der Waals surface area contributed by atoms with Gasteiger partial charge in [-0.25, -0.2) is 4.79 Å². The van der Waals surface area contributed by atoms with E-state index in [9.17, 15) is 4.79 Å². The molecule has 1 aliphatic heterocycles. The summed E-state index contributed by atoms with van der Waals surface area (Å²) in [4.78, 5) is 10.9. The molecule has 3 atom stereocenters. The van der Waals surface area contributed by atoms with E-state index >= 15 is 0 Å². The predicted octanol–water partition coefficient (Wildman–Crippen LogP) is -0.982. The lowest BCUT2D eigenvalue weighted by Gasteiger charge is -2.28. The zero-order valence-electron chi connectivity index (χ0n) is 6.77. The van der Waals surface area contributed by atoms with Crippen LogP contribution in [0.2, 0.25) is 0 Å². The summed E-state index contributed by atoms with van der Waals surface area (Å²) >= 11 is 0. The molecule has 5 nitrogen and oxygen atoms in total. The van der Waals surface area contributed by atoms with Gasteiger partial charge in [0.2, 0.25) is 0 Å². The van der Waals surface area contributed by atoms with Crippen molar-refractivity contribution < 1.29 is 24.5 Å². The van der Waals surface area contributed by atoms with Gasteiger partial charge in [0.25, 0.3) is 0 Å². The van der Waals surface area contributed by atoms with Gasteiger partial charge >= 0.3 is 5.97 Å². The molecule has 70 valence electrons. The molecule has 0 aromatic rings. The van der Waals surface area contributed by atoms with E-state index in [2.05, 4.69) is 4.74 Å². The van der Waals surface area contributed by atoms with Crippen molar-refractivity contribution in [2.75, 3.05) is 7.11 Å². The van der Waals surface area contributed by atoms with Crippen molar-refractivity contribution in [3.63, 3.8) is 0 Å². The molecule has 0 radical (unpaired) electrons. The minimum Gasteiger partial charge on any atom is -0.467 e. The molecule has 12 heavy (non-hydrogen) atoms. The number of methoxy groups -OCH3 is 1. The van der Waals surface area contributed by atoms with Gasteiger partial charge in [0.05, 0.1) is 13.2 Å². The van der Waals surface area contributed by atoms with Crippen molar-refractivity contribution >= 4 is 5.97 Å². The quantitative estimate of drug-likeness (QED) is 0.502. The molecule has 2 N–H and O–H groups in total. The van der Waals surface area contributed by atoms with Gasteiger partial charge in [-0.15, -0.1) is 0 Å². The standard InChI is InChI=1S/C7H12O5/c1-11-7(10)5-2-4(8)3-6(9)12-5/h4-6,8-9H,2-3H2,1H3. The molecule has 1 heterocycles. The van der Waals surface area contributed by atoms with Crippen LogP contribution < -0.4 is 0 Å². The Bertz CT molecular complexity index is 159. The molecule has 0 aliphatic carbocycles. The highest BCUT2D eigenvalue weighted by atomic mass is 16.6. The minimum atomic E-state index is -1.07. The van der Waals surface area contributed by atoms with Crippen molar-refractivity contribution in [1.29, 1.82) is 0 Å².